The molecule has 0 heterocycles. The number of rotatable bonds is 3. The number of benzene rings is 1. The maximum atomic E-state index is 11.5. The summed E-state index contributed by atoms with van der Waals surface area (Å²) in [6.07, 6.45) is 1.15. The van der Waals surface area contributed by atoms with Gasteiger partial charge in [-0.2, -0.15) is 0 Å². The van der Waals surface area contributed by atoms with Crippen LogP contribution in [0.1, 0.15) is 31.9 Å². The predicted molar refractivity (Wildman–Crippen MR) is 79.0 cm³/mol. The molecule has 0 saturated carbocycles. The topological polar surface area (TPSA) is 64.3 Å². The van der Waals surface area contributed by atoms with Crippen molar-refractivity contribution >= 4 is 29.5 Å². The van der Waals surface area contributed by atoms with Gasteiger partial charge in [-0.1, -0.05) is 24.3 Å². The van der Waals surface area contributed by atoms with Gasteiger partial charge in [0.05, 0.1) is 10.7 Å². The van der Waals surface area contributed by atoms with Crippen LogP contribution in [0.25, 0.3) is 6.08 Å². The highest BCUT2D eigenvalue weighted by molar-refractivity contribution is 6.33. The Morgan fingerprint density at radius 3 is 2.68 bits per heavy atom. The highest BCUT2D eigenvalue weighted by atomic mass is 35.5. The second-order valence-electron chi connectivity index (χ2n) is 5.14. The molecule has 0 bridgehead atoms. The fourth-order valence-corrected chi connectivity index (χ4v) is 1.71. The summed E-state index contributed by atoms with van der Waals surface area (Å²) >= 11 is 6.00. The zero-order valence-electron chi connectivity index (χ0n) is 11.4. The van der Waals surface area contributed by atoms with Crippen molar-refractivity contribution in [3.63, 3.8) is 0 Å². The molecule has 0 aliphatic heterocycles. The lowest BCUT2D eigenvalue weighted by Gasteiger charge is -2.19. The second-order valence-corrected chi connectivity index (χ2v) is 5.55. The van der Waals surface area contributed by atoms with Gasteiger partial charge < -0.3 is 15.8 Å². The molecule has 0 atom stereocenters. The molecular formula is C14H19ClN2O2. The van der Waals surface area contributed by atoms with Crippen molar-refractivity contribution in [1.29, 1.82) is 0 Å². The Morgan fingerprint density at radius 2 is 2.16 bits per heavy atom. The number of nitrogens with two attached hydrogens (primary N) is 1. The Hall–Kier alpha value is -1.68. The average Bonchev–Trinajstić information content (AvgIpc) is 2.28. The van der Waals surface area contributed by atoms with E-state index < -0.39 is 11.7 Å². The van der Waals surface area contributed by atoms with Gasteiger partial charge in [0.1, 0.15) is 5.60 Å². The van der Waals surface area contributed by atoms with Crippen molar-refractivity contribution in [2.75, 3.05) is 5.73 Å². The normalized spacial score (nSPS) is 10.9. The molecule has 104 valence electrons. The Balaban J connectivity index is 2.71. The summed E-state index contributed by atoms with van der Waals surface area (Å²) < 4.78 is 5.14. The molecule has 0 unspecified atom stereocenters. The van der Waals surface area contributed by atoms with Gasteiger partial charge in [0.15, 0.2) is 0 Å². The number of nitrogens with one attached hydrogen (secondary N) is 1. The second kappa shape index (κ2) is 5.97. The summed E-state index contributed by atoms with van der Waals surface area (Å²) in [6.45, 7) is 9.41. The first-order valence-corrected chi connectivity index (χ1v) is 6.28. The third-order valence-electron chi connectivity index (χ3n) is 2.28. The Morgan fingerprint density at radius 1 is 1.53 bits per heavy atom. The Bertz CT molecular complexity index is 493. The first kappa shape index (κ1) is 15.4. The van der Waals surface area contributed by atoms with Crippen LogP contribution in [0.4, 0.5) is 10.5 Å². The number of hydrogen-bond donors (Lipinski definition) is 2. The van der Waals surface area contributed by atoms with Crippen molar-refractivity contribution < 1.29 is 9.53 Å². The van der Waals surface area contributed by atoms with E-state index in [1.807, 2.05) is 26.8 Å². The number of amides is 1. The minimum Gasteiger partial charge on any atom is -0.444 e. The molecule has 0 fully saturated rings. The van der Waals surface area contributed by atoms with Gasteiger partial charge in [0, 0.05) is 6.54 Å². The summed E-state index contributed by atoms with van der Waals surface area (Å²) in [6, 6.07) is 3.53. The third-order valence-corrected chi connectivity index (χ3v) is 2.59. The molecule has 0 aromatic heterocycles. The summed E-state index contributed by atoms with van der Waals surface area (Å²) in [4.78, 5) is 11.5. The number of alkyl carbamates (subject to hydrolysis) is 1. The first-order chi connectivity index (χ1) is 8.73. The van der Waals surface area contributed by atoms with Gasteiger partial charge in [-0.25, -0.2) is 4.79 Å². The number of halogens is 1. The Kier molecular flexibility index (Phi) is 4.84. The first-order valence-electron chi connectivity index (χ1n) is 5.90. The molecule has 0 radical (unpaired) electrons. The molecule has 0 saturated heterocycles. The van der Waals surface area contributed by atoms with E-state index in [0.29, 0.717) is 17.3 Å². The zero-order chi connectivity index (χ0) is 14.6. The summed E-state index contributed by atoms with van der Waals surface area (Å²) in [7, 11) is 0. The molecule has 1 rings (SSSR count). The monoisotopic (exact) mass is 282 g/mol. The van der Waals surface area contributed by atoms with E-state index >= 15 is 0 Å². The van der Waals surface area contributed by atoms with E-state index in [2.05, 4.69) is 11.9 Å². The van der Waals surface area contributed by atoms with Gasteiger partial charge >= 0.3 is 6.09 Å². The van der Waals surface area contributed by atoms with Crippen molar-refractivity contribution in [2.24, 2.45) is 0 Å². The summed E-state index contributed by atoms with van der Waals surface area (Å²) in [5.41, 5.74) is 7.33. The molecule has 1 amide bonds. The third kappa shape index (κ3) is 4.83. The van der Waals surface area contributed by atoms with Gasteiger partial charge in [-0.3, -0.25) is 0 Å². The van der Waals surface area contributed by atoms with E-state index in [-0.39, 0.29) is 0 Å². The number of ether oxygens (including phenoxy) is 1. The van der Waals surface area contributed by atoms with Crippen LogP contribution >= 0.6 is 11.6 Å². The zero-order valence-corrected chi connectivity index (χ0v) is 12.2. The van der Waals surface area contributed by atoms with Gasteiger partial charge in [0.25, 0.3) is 0 Å². The van der Waals surface area contributed by atoms with Gasteiger partial charge in [0.2, 0.25) is 0 Å². The van der Waals surface area contributed by atoms with E-state index in [9.17, 15) is 4.79 Å². The molecule has 1 aromatic rings. The molecule has 19 heavy (non-hydrogen) atoms. The summed E-state index contributed by atoms with van der Waals surface area (Å²) in [5, 5.41) is 3.10. The van der Waals surface area contributed by atoms with Crippen molar-refractivity contribution in [3.05, 3.63) is 34.9 Å². The van der Waals surface area contributed by atoms with Crippen LogP contribution in [-0.2, 0) is 11.3 Å². The quantitative estimate of drug-likeness (QED) is 0.833. The highest BCUT2D eigenvalue weighted by Gasteiger charge is 2.15. The number of anilines is 1. The van der Waals surface area contributed by atoms with Crippen molar-refractivity contribution in [3.8, 4) is 0 Å². The van der Waals surface area contributed by atoms with Crippen LogP contribution in [0.2, 0.25) is 5.02 Å². The minimum absolute atomic E-state index is 0.315. The van der Waals surface area contributed by atoms with Crippen LogP contribution in [0.5, 0.6) is 0 Å². The van der Waals surface area contributed by atoms with Crippen LogP contribution in [0, 0.1) is 0 Å². The van der Waals surface area contributed by atoms with Gasteiger partial charge in [-0.05, 0) is 44.0 Å². The molecule has 0 aliphatic carbocycles. The number of hydrogen-bond acceptors (Lipinski definition) is 3. The molecule has 1 aromatic carbocycles. The molecule has 5 heteroatoms. The number of carbonyl (C=O) groups excluding carboxylic acids is 1. The highest BCUT2D eigenvalue weighted by Crippen LogP contribution is 2.25. The average molecular weight is 283 g/mol. The van der Waals surface area contributed by atoms with Crippen molar-refractivity contribution in [1.82, 2.24) is 5.32 Å². The smallest absolute Gasteiger partial charge is 0.407 e. The lowest BCUT2D eigenvalue weighted by Crippen LogP contribution is -2.32. The molecular weight excluding hydrogens is 264 g/mol. The predicted octanol–water partition coefficient (Wildman–Crippen LogP) is 3.59. The van der Waals surface area contributed by atoms with Crippen LogP contribution in [-0.4, -0.2) is 11.7 Å². The van der Waals surface area contributed by atoms with E-state index in [1.54, 1.807) is 12.1 Å². The molecule has 4 nitrogen and oxygen atoms in total. The molecule has 3 N–H and O–H groups in total. The van der Waals surface area contributed by atoms with Crippen LogP contribution < -0.4 is 11.1 Å². The number of nitrogen functional groups attached to an aromatic ring is 1. The Labute approximate surface area is 118 Å². The van der Waals surface area contributed by atoms with E-state index in [0.717, 1.165) is 11.1 Å². The maximum Gasteiger partial charge on any atom is 0.407 e. The SMILES string of the molecule is C=Cc1cc(CNC(=O)OC(C)(C)C)cc(Cl)c1N. The van der Waals surface area contributed by atoms with Crippen molar-refractivity contribution in [2.45, 2.75) is 32.9 Å². The number of carbonyl (C=O) groups is 1. The minimum atomic E-state index is -0.519. The molecule has 0 aliphatic rings. The van der Waals surface area contributed by atoms with E-state index in [1.165, 1.54) is 0 Å². The maximum absolute atomic E-state index is 11.5. The fourth-order valence-electron chi connectivity index (χ4n) is 1.46. The standard InChI is InChI=1S/C14H19ClN2O2/c1-5-10-6-9(7-11(15)12(10)16)8-17-13(18)19-14(2,3)4/h5-7H,1,8,16H2,2-4H3,(H,17,18). The molecule has 0 spiro atoms. The fraction of sp³-hybridized carbons (Fsp3) is 0.357. The van der Waals surface area contributed by atoms with Gasteiger partial charge in [-0.15, -0.1) is 0 Å². The van der Waals surface area contributed by atoms with E-state index in [4.69, 9.17) is 22.1 Å². The van der Waals surface area contributed by atoms with Crippen LogP contribution in [0.15, 0.2) is 18.7 Å². The lowest BCUT2D eigenvalue weighted by molar-refractivity contribution is 0.0523. The summed E-state index contributed by atoms with van der Waals surface area (Å²) in [5.74, 6) is 0. The largest absolute Gasteiger partial charge is 0.444 e. The van der Waals surface area contributed by atoms with Crippen LogP contribution in [0.3, 0.4) is 0 Å². The lowest BCUT2D eigenvalue weighted by atomic mass is 10.1.